The van der Waals surface area contributed by atoms with Crippen LogP contribution in [-0.2, 0) is 9.59 Å². The Labute approximate surface area is 197 Å². The van der Waals surface area contributed by atoms with E-state index in [1.54, 1.807) is 0 Å². The van der Waals surface area contributed by atoms with Crippen molar-refractivity contribution in [1.82, 2.24) is 10.6 Å². The first-order valence-electron chi connectivity index (χ1n) is 10.3. The summed E-state index contributed by atoms with van der Waals surface area (Å²) in [6, 6.07) is 6.75. The van der Waals surface area contributed by atoms with Crippen LogP contribution in [-0.4, -0.2) is 41.8 Å². The molecular formula is C23H20ClF3N2O5. The Morgan fingerprint density at radius 1 is 0.971 bits per heavy atom. The Bertz CT molecular complexity index is 1170. The molecular weight excluding hydrogens is 477 g/mol. The van der Waals surface area contributed by atoms with Crippen LogP contribution in [0.2, 0.25) is 5.02 Å². The quantitative estimate of drug-likeness (QED) is 0.522. The fourth-order valence-electron chi connectivity index (χ4n) is 3.95. The zero-order valence-corrected chi connectivity index (χ0v) is 18.4. The second-order valence-corrected chi connectivity index (χ2v) is 8.54. The summed E-state index contributed by atoms with van der Waals surface area (Å²) < 4.78 is 50.1. The molecule has 34 heavy (non-hydrogen) atoms. The molecule has 3 aliphatic carbocycles. The molecule has 1 saturated carbocycles. The molecule has 2 amide bonds. The lowest BCUT2D eigenvalue weighted by molar-refractivity contribution is -0.129. The van der Waals surface area contributed by atoms with E-state index in [1.165, 1.54) is 18.2 Å². The van der Waals surface area contributed by atoms with Gasteiger partial charge < -0.3 is 25.2 Å². The van der Waals surface area contributed by atoms with Gasteiger partial charge in [0.2, 0.25) is 0 Å². The fraction of sp³-hybridized carbons (Fsp3) is 0.304. The van der Waals surface area contributed by atoms with E-state index in [1.807, 2.05) is 0 Å². The van der Waals surface area contributed by atoms with Crippen molar-refractivity contribution in [2.75, 3.05) is 13.2 Å². The SMILES string of the molecule is O=C(COc1ccc(F)c(F)c1)NC1=C2CC(NC(=O)COc3ccc(Cl)c(F)c3)(C2)C(O)C1. The Balaban J connectivity index is 1.27. The number of hydrogen-bond donors (Lipinski definition) is 3. The van der Waals surface area contributed by atoms with Crippen LogP contribution in [0.1, 0.15) is 19.3 Å². The lowest BCUT2D eigenvalue weighted by Gasteiger charge is -2.52. The first-order valence-corrected chi connectivity index (χ1v) is 10.7. The molecule has 11 heteroatoms. The van der Waals surface area contributed by atoms with Crippen LogP contribution in [0.4, 0.5) is 13.2 Å². The molecule has 0 spiro atoms. The highest BCUT2D eigenvalue weighted by molar-refractivity contribution is 6.30. The Hall–Kier alpha value is -3.24. The van der Waals surface area contributed by atoms with Gasteiger partial charge >= 0.3 is 0 Å². The number of hydrogen-bond acceptors (Lipinski definition) is 5. The zero-order chi connectivity index (χ0) is 24.5. The predicted octanol–water partition coefficient (Wildman–Crippen LogP) is 3.00. The van der Waals surface area contributed by atoms with Crippen LogP contribution < -0.4 is 20.1 Å². The summed E-state index contributed by atoms with van der Waals surface area (Å²) >= 11 is 5.61. The van der Waals surface area contributed by atoms with Crippen LogP contribution in [0.25, 0.3) is 0 Å². The number of ether oxygens (including phenoxy) is 2. The highest BCUT2D eigenvalue weighted by Crippen LogP contribution is 2.47. The van der Waals surface area contributed by atoms with Gasteiger partial charge in [-0.15, -0.1) is 0 Å². The minimum absolute atomic E-state index is 0.00399. The third kappa shape index (κ3) is 5.13. The number of carbonyl (C=O) groups is 2. The lowest BCUT2D eigenvalue weighted by Crippen LogP contribution is -2.65. The fourth-order valence-corrected chi connectivity index (χ4v) is 4.07. The summed E-state index contributed by atoms with van der Waals surface area (Å²) in [7, 11) is 0. The van der Waals surface area contributed by atoms with E-state index in [0.717, 1.165) is 23.8 Å². The molecule has 5 rings (SSSR count). The zero-order valence-electron chi connectivity index (χ0n) is 17.7. The first kappa shape index (κ1) is 23.9. The number of halogens is 4. The minimum Gasteiger partial charge on any atom is -0.484 e. The number of rotatable bonds is 8. The molecule has 0 heterocycles. The summed E-state index contributed by atoms with van der Waals surface area (Å²) in [6.07, 6.45) is -0.163. The molecule has 3 aliphatic rings. The van der Waals surface area contributed by atoms with Crippen molar-refractivity contribution in [2.45, 2.75) is 30.9 Å². The molecule has 2 aromatic rings. The number of nitrogens with one attached hydrogen (secondary N) is 2. The lowest BCUT2D eigenvalue weighted by atomic mass is 9.62. The van der Waals surface area contributed by atoms with E-state index in [-0.39, 0.29) is 29.5 Å². The molecule has 7 nitrogen and oxygen atoms in total. The van der Waals surface area contributed by atoms with Crippen molar-refractivity contribution in [3.8, 4) is 11.5 Å². The first-order chi connectivity index (χ1) is 16.1. The van der Waals surface area contributed by atoms with Crippen molar-refractivity contribution in [1.29, 1.82) is 0 Å². The number of benzene rings is 2. The third-order valence-corrected chi connectivity index (χ3v) is 6.03. The highest BCUT2D eigenvalue weighted by Gasteiger charge is 2.52. The molecule has 0 aromatic heterocycles. The summed E-state index contributed by atoms with van der Waals surface area (Å²) in [5.74, 6) is -3.64. The number of aliphatic hydroxyl groups is 1. The maximum atomic E-state index is 13.5. The van der Waals surface area contributed by atoms with Gasteiger partial charge in [0, 0.05) is 24.3 Å². The van der Waals surface area contributed by atoms with Crippen LogP contribution in [0.3, 0.4) is 0 Å². The molecule has 3 N–H and O–H groups in total. The molecule has 1 atom stereocenters. The van der Waals surface area contributed by atoms with Gasteiger partial charge in [0.15, 0.2) is 24.8 Å². The molecule has 1 unspecified atom stereocenters. The summed E-state index contributed by atoms with van der Waals surface area (Å²) in [6.45, 7) is -0.804. The average molecular weight is 497 g/mol. The summed E-state index contributed by atoms with van der Waals surface area (Å²) in [5, 5.41) is 16.0. The van der Waals surface area contributed by atoms with Gasteiger partial charge in [-0.25, -0.2) is 13.2 Å². The van der Waals surface area contributed by atoms with E-state index in [2.05, 4.69) is 10.6 Å². The number of carbonyl (C=O) groups excluding carboxylic acids is 2. The minimum atomic E-state index is -1.09. The number of aliphatic hydroxyl groups excluding tert-OH is 1. The monoisotopic (exact) mass is 496 g/mol. The Kier molecular flexibility index (Phi) is 6.72. The average Bonchev–Trinajstić information content (AvgIpc) is 2.76. The van der Waals surface area contributed by atoms with Gasteiger partial charge in [0.1, 0.15) is 17.3 Å². The molecule has 0 radical (unpaired) electrons. The number of fused-ring (bicyclic) bond motifs is 2. The molecule has 2 bridgehead atoms. The van der Waals surface area contributed by atoms with Crippen molar-refractivity contribution in [3.63, 3.8) is 0 Å². The Morgan fingerprint density at radius 2 is 1.59 bits per heavy atom. The molecule has 180 valence electrons. The van der Waals surface area contributed by atoms with Crippen LogP contribution in [0, 0.1) is 17.5 Å². The number of amides is 2. The molecule has 0 saturated heterocycles. The van der Waals surface area contributed by atoms with E-state index in [9.17, 15) is 27.9 Å². The van der Waals surface area contributed by atoms with E-state index < -0.39 is 47.5 Å². The normalized spacial score (nSPS) is 20.9. The highest BCUT2D eigenvalue weighted by atomic mass is 35.5. The largest absolute Gasteiger partial charge is 0.484 e. The van der Waals surface area contributed by atoms with Gasteiger partial charge in [0.05, 0.1) is 16.7 Å². The summed E-state index contributed by atoms with van der Waals surface area (Å²) in [5.41, 5.74) is 0.542. The van der Waals surface area contributed by atoms with Crippen molar-refractivity contribution < 1.29 is 37.3 Å². The van der Waals surface area contributed by atoms with Gasteiger partial charge in [-0.05, 0) is 42.7 Å². The second kappa shape index (κ2) is 9.55. The van der Waals surface area contributed by atoms with Gasteiger partial charge in [-0.2, -0.15) is 0 Å². The van der Waals surface area contributed by atoms with Crippen molar-refractivity contribution in [3.05, 3.63) is 70.1 Å². The van der Waals surface area contributed by atoms with E-state index in [0.29, 0.717) is 18.5 Å². The van der Waals surface area contributed by atoms with Crippen LogP contribution >= 0.6 is 11.6 Å². The third-order valence-electron chi connectivity index (χ3n) is 5.72. The van der Waals surface area contributed by atoms with Gasteiger partial charge in [-0.1, -0.05) is 11.6 Å². The molecule has 0 aliphatic heterocycles. The smallest absolute Gasteiger partial charge is 0.262 e. The summed E-state index contributed by atoms with van der Waals surface area (Å²) in [4.78, 5) is 24.5. The Morgan fingerprint density at radius 3 is 2.21 bits per heavy atom. The standard InChI is InChI=1S/C23H20ClF3N2O5/c24-15-3-1-13(5-17(15)26)34-11-22(32)29-23-8-12(9-23)19(7-20(23)30)28-21(31)10-33-14-2-4-16(25)18(27)6-14/h1-6,20,30H,7-11H2,(H,28,31)(H,29,32). The molecule has 1 fully saturated rings. The van der Waals surface area contributed by atoms with E-state index in [4.69, 9.17) is 21.1 Å². The predicted molar refractivity (Wildman–Crippen MR) is 115 cm³/mol. The van der Waals surface area contributed by atoms with Crippen LogP contribution in [0.5, 0.6) is 11.5 Å². The molecule has 2 aromatic carbocycles. The maximum absolute atomic E-state index is 13.5. The van der Waals surface area contributed by atoms with Crippen molar-refractivity contribution >= 4 is 23.4 Å². The topological polar surface area (TPSA) is 96.9 Å². The second-order valence-electron chi connectivity index (χ2n) is 8.14. The van der Waals surface area contributed by atoms with Crippen LogP contribution in [0.15, 0.2) is 47.7 Å². The van der Waals surface area contributed by atoms with Crippen molar-refractivity contribution in [2.24, 2.45) is 0 Å². The maximum Gasteiger partial charge on any atom is 0.262 e. The van der Waals surface area contributed by atoms with Gasteiger partial charge in [0.25, 0.3) is 11.8 Å². The van der Waals surface area contributed by atoms with Gasteiger partial charge in [-0.3, -0.25) is 9.59 Å². The van der Waals surface area contributed by atoms with E-state index >= 15 is 0 Å².